The van der Waals surface area contributed by atoms with Crippen molar-refractivity contribution in [2.45, 2.75) is 57.8 Å². The first-order valence-corrected chi connectivity index (χ1v) is 10.1. The van der Waals surface area contributed by atoms with E-state index in [0.717, 1.165) is 55.5 Å². The first-order valence-electron chi connectivity index (χ1n) is 9.27. The highest BCUT2D eigenvalue weighted by Gasteiger charge is 2.48. The molecule has 0 spiro atoms. The molecule has 2 heterocycles. The SMILES string of the molecule is O=C(CN1C(=O)[C@H]2CCCC[C@H]2C1=O)Nc1nc2c(s1)CCCCC2. The quantitative estimate of drug-likeness (QED) is 0.663. The van der Waals surface area contributed by atoms with Crippen LogP contribution in [-0.4, -0.2) is 34.2 Å². The van der Waals surface area contributed by atoms with E-state index in [2.05, 4.69) is 10.3 Å². The molecule has 6 nitrogen and oxygen atoms in total. The van der Waals surface area contributed by atoms with Gasteiger partial charge >= 0.3 is 0 Å². The number of fused-ring (bicyclic) bond motifs is 2. The topological polar surface area (TPSA) is 79.4 Å². The van der Waals surface area contributed by atoms with E-state index in [1.54, 1.807) is 0 Å². The zero-order valence-electron chi connectivity index (χ0n) is 14.3. The molecule has 4 rings (SSSR count). The predicted molar refractivity (Wildman–Crippen MR) is 94.2 cm³/mol. The largest absolute Gasteiger partial charge is 0.300 e. The maximum Gasteiger partial charge on any atom is 0.246 e. The van der Waals surface area contributed by atoms with Crippen molar-refractivity contribution in [2.24, 2.45) is 11.8 Å². The molecule has 7 heteroatoms. The van der Waals surface area contributed by atoms with Crippen molar-refractivity contribution in [1.29, 1.82) is 0 Å². The standard InChI is InChI=1S/C18H23N3O3S/c22-15(20-18-19-13-8-2-1-3-9-14(13)25-18)10-21-16(23)11-6-4-5-7-12(11)17(21)24/h11-12H,1-10H2,(H,19,20,22)/t11-,12+. The Labute approximate surface area is 151 Å². The van der Waals surface area contributed by atoms with Gasteiger partial charge in [0.2, 0.25) is 17.7 Å². The highest BCUT2D eigenvalue weighted by Crippen LogP contribution is 2.38. The monoisotopic (exact) mass is 361 g/mol. The number of hydrogen-bond donors (Lipinski definition) is 1. The molecule has 1 aliphatic heterocycles. The molecule has 0 radical (unpaired) electrons. The number of nitrogens with one attached hydrogen (secondary N) is 1. The maximum absolute atomic E-state index is 12.4. The number of carbonyl (C=O) groups is 3. The van der Waals surface area contributed by atoms with Crippen LogP contribution in [0.15, 0.2) is 0 Å². The molecule has 3 amide bonds. The predicted octanol–water partition coefficient (Wildman–Crippen LogP) is 2.53. The molecule has 1 aromatic heterocycles. The second kappa shape index (κ2) is 6.86. The summed E-state index contributed by atoms with van der Waals surface area (Å²) in [5.41, 5.74) is 1.09. The lowest BCUT2D eigenvalue weighted by atomic mass is 9.81. The Hall–Kier alpha value is -1.76. The van der Waals surface area contributed by atoms with Crippen LogP contribution in [0.3, 0.4) is 0 Å². The van der Waals surface area contributed by atoms with Gasteiger partial charge < -0.3 is 5.32 Å². The lowest BCUT2D eigenvalue weighted by Crippen LogP contribution is -2.38. The summed E-state index contributed by atoms with van der Waals surface area (Å²) in [6.45, 7) is -0.186. The fraction of sp³-hybridized carbons (Fsp3) is 0.667. The third kappa shape index (κ3) is 3.21. The molecule has 1 aromatic rings. The number of rotatable bonds is 3. The minimum Gasteiger partial charge on any atom is -0.300 e. The Balaban J connectivity index is 1.40. The number of aromatic nitrogens is 1. The van der Waals surface area contributed by atoms with Crippen LogP contribution in [0.1, 0.15) is 55.5 Å². The summed E-state index contributed by atoms with van der Waals surface area (Å²) >= 11 is 1.53. The summed E-state index contributed by atoms with van der Waals surface area (Å²) in [5, 5.41) is 3.38. The third-order valence-corrected chi connectivity index (χ3v) is 6.65. The van der Waals surface area contributed by atoms with Crippen LogP contribution in [-0.2, 0) is 27.2 Å². The second-order valence-electron chi connectivity index (χ2n) is 7.26. The van der Waals surface area contributed by atoms with Crippen LogP contribution in [0.4, 0.5) is 5.13 Å². The van der Waals surface area contributed by atoms with Crippen LogP contribution in [0.5, 0.6) is 0 Å². The van der Waals surface area contributed by atoms with E-state index in [4.69, 9.17) is 0 Å². The van der Waals surface area contributed by atoms with E-state index in [0.29, 0.717) is 5.13 Å². The van der Waals surface area contributed by atoms with Gasteiger partial charge in [-0.1, -0.05) is 19.3 Å². The van der Waals surface area contributed by atoms with Gasteiger partial charge in [0, 0.05) is 4.88 Å². The number of carbonyl (C=O) groups excluding carboxylic acids is 3. The minimum atomic E-state index is -0.329. The van der Waals surface area contributed by atoms with Crippen LogP contribution in [0.25, 0.3) is 0 Å². The van der Waals surface area contributed by atoms with E-state index >= 15 is 0 Å². The maximum atomic E-state index is 12.4. The zero-order valence-corrected chi connectivity index (χ0v) is 15.1. The van der Waals surface area contributed by atoms with Gasteiger partial charge in [0.1, 0.15) is 6.54 Å². The van der Waals surface area contributed by atoms with Gasteiger partial charge in [0.15, 0.2) is 5.13 Å². The van der Waals surface area contributed by atoms with Gasteiger partial charge in [0.25, 0.3) is 0 Å². The van der Waals surface area contributed by atoms with E-state index < -0.39 is 0 Å². The van der Waals surface area contributed by atoms with Gasteiger partial charge in [-0.3, -0.25) is 19.3 Å². The minimum absolute atomic E-state index is 0.167. The van der Waals surface area contributed by atoms with Crippen LogP contribution >= 0.6 is 11.3 Å². The van der Waals surface area contributed by atoms with Gasteiger partial charge in [0.05, 0.1) is 17.5 Å². The van der Waals surface area contributed by atoms with E-state index in [1.807, 2.05) is 0 Å². The van der Waals surface area contributed by atoms with Crippen molar-refractivity contribution in [3.63, 3.8) is 0 Å². The molecule has 2 atom stereocenters. The summed E-state index contributed by atoms with van der Waals surface area (Å²) in [4.78, 5) is 44.2. The molecule has 1 N–H and O–H groups in total. The van der Waals surface area contributed by atoms with Crippen molar-refractivity contribution < 1.29 is 14.4 Å². The molecule has 1 saturated carbocycles. The summed E-state index contributed by atoms with van der Waals surface area (Å²) in [7, 11) is 0. The summed E-state index contributed by atoms with van der Waals surface area (Å²) in [6, 6.07) is 0. The Morgan fingerprint density at radius 2 is 1.72 bits per heavy atom. The summed E-state index contributed by atoms with van der Waals surface area (Å²) < 4.78 is 0. The molecular formula is C18H23N3O3S. The van der Waals surface area contributed by atoms with Gasteiger partial charge in [-0.15, -0.1) is 11.3 Å². The van der Waals surface area contributed by atoms with Gasteiger partial charge in [-0.2, -0.15) is 0 Å². The van der Waals surface area contributed by atoms with Crippen molar-refractivity contribution in [1.82, 2.24) is 9.88 Å². The number of nitrogens with zero attached hydrogens (tertiary/aromatic N) is 2. The van der Waals surface area contributed by atoms with E-state index in [1.165, 1.54) is 29.1 Å². The number of amides is 3. The number of aryl methyl sites for hydroxylation is 2. The number of imide groups is 1. The summed E-state index contributed by atoms with van der Waals surface area (Å²) in [5.74, 6) is -1.07. The molecule has 0 aromatic carbocycles. The van der Waals surface area contributed by atoms with Crippen LogP contribution in [0, 0.1) is 11.8 Å². The highest BCUT2D eigenvalue weighted by atomic mass is 32.1. The van der Waals surface area contributed by atoms with Crippen molar-refractivity contribution in [2.75, 3.05) is 11.9 Å². The number of anilines is 1. The first kappa shape index (κ1) is 16.7. The number of thiazole rings is 1. The number of likely N-dealkylation sites (tertiary alicyclic amines) is 1. The normalized spacial score (nSPS) is 26.2. The lowest BCUT2D eigenvalue weighted by Gasteiger charge is -2.19. The molecule has 25 heavy (non-hydrogen) atoms. The fourth-order valence-corrected chi connectivity index (χ4v) is 5.34. The van der Waals surface area contributed by atoms with E-state index in [-0.39, 0.29) is 36.1 Å². The van der Waals surface area contributed by atoms with Gasteiger partial charge in [-0.25, -0.2) is 4.98 Å². The van der Waals surface area contributed by atoms with E-state index in [9.17, 15) is 14.4 Å². The van der Waals surface area contributed by atoms with Crippen LogP contribution in [0.2, 0.25) is 0 Å². The molecular weight excluding hydrogens is 338 g/mol. The highest BCUT2D eigenvalue weighted by molar-refractivity contribution is 7.15. The molecule has 0 bridgehead atoms. The third-order valence-electron chi connectivity index (χ3n) is 5.58. The molecule has 134 valence electrons. The van der Waals surface area contributed by atoms with Gasteiger partial charge in [-0.05, 0) is 38.5 Å². The molecule has 0 unspecified atom stereocenters. The van der Waals surface area contributed by atoms with Crippen LogP contribution < -0.4 is 5.32 Å². The van der Waals surface area contributed by atoms with Crippen molar-refractivity contribution >= 4 is 34.2 Å². The smallest absolute Gasteiger partial charge is 0.246 e. The Morgan fingerprint density at radius 3 is 2.44 bits per heavy atom. The Bertz CT molecular complexity index is 667. The zero-order chi connectivity index (χ0) is 17.4. The molecule has 2 fully saturated rings. The number of hydrogen-bond acceptors (Lipinski definition) is 5. The van der Waals surface area contributed by atoms with Crippen molar-refractivity contribution in [3.05, 3.63) is 10.6 Å². The molecule has 1 saturated heterocycles. The second-order valence-corrected chi connectivity index (χ2v) is 8.34. The molecule has 2 aliphatic carbocycles. The lowest BCUT2D eigenvalue weighted by molar-refractivity contribution is -0.142. The Kier molecular flexibility index (Phi) is 4.58. The first-order chi connectivity index (χ1) is 12.1. The summed E-state index contributed by atoms with van der Waals surface area (Å²) in [6.07, 6.45) is 9.05. The van der Waals surface area contributed by atoms with Crippen molar-refractivity contribution in [3.8, 4) is 0 Å². The Morgan fingerprint density at radius 1 is 1.04 bits per heavy atom. The average molecular weight is 361 g/mol. The molecule has 3 aliphatic rings. The fourth-order valence-electron chi connectivity index (χ4n) is 4.27. The average Bonchev–Trinajstić information content (AvgIpc) is 2.99.